The number of nitrogens with one attached hydrogen (secondary N) is 1. The van der Waals surface area contributed by atoms with Crippen LogP contribution < -0.4 is 5.32 Å². The highest BCUT2D eigenvalue weighted by Gasteiger charge is 2.07. The highest BCUT2D eigenvalue weighted by atomic mass is 32.2. The van der Waals surface area contributed by atoms with Crippen LogP contribution in [0, 0.1) is 0 Å². The molecule has 0 saturated heterocycles. The van der Waals surface area contributed by atoms with Gasteiger partial charge in [0.15, 0.2) is 0 Å². The van der Waals surface area contributed by atoms with Gasteiger partial charge >= 0.3 is 0 Å². The number of amides is 1. The van der Waals surface area contributed by atoms with Crippen molar-refractivity contribution in [1.29, 1.82) is 0 Å². The normalized spacial score (nSPS) is 10.5. The van der Waals surface area contributed by atoms with Crippen molar-refractivity contribution in [2.45, 2.75) is 4.90 Å². The van der Waals surface area contributed by atoms with Gasteiger partial charge in [-0.1, -0.05) is 18.2 Å². The third-order valence-electron chi connectivity index (χ3n) is 3.19. The maximum Gasteiger partial charge on any atom is 0.255 e. The van der Waals surface area contributed by atoms with Gasteiger partial charge in [0.1, 0.15) is 0 Å². The van der Waals surface area contributed by atoms with E-state index in [-0.39, 0.29) is 5.91 Å². The van der Waals surface area contributed by atoms with Crippen LogP contribution in [-0.4, -0.2) is 17.1 Å². The van der Waals surface area contributed by atoms with Crippen molar-refractivity contribution in [2.75, 3.05) is 11.6 Å². The second kappa shape index (κ2) is 5.97. The topological polar surface area (TPSA) is 42.0 Å². The lowest BCUT2D eigenvalue weighted by atomic mass is 10.1. The Bertz CT molecular complexity index is 787. The Morgan fingerprint density at radius 2 is 1.90 bits per heavy atom. The van der Waals surface area contributed by atoms with E-state index < -0.39 is 0 Å². The molecule has 1 aromatic heterocycles. The van der Waals surface area contributed by atoms with E-state index in [0.717, 1.165) is 21.5 Å². The first-order valence-corrected chi connectivity index (χ1v) is 7.79. The Labute approximate surface area is 127 Å². The van der Waals surface area contributed by atoms with E-state index in [2.05, 4.69) is 10.3 Å². The van der Waals surface area contributed by atoms with Gasteiger partial charge in [-0.3, -0.25) is 9.78 Å². The summed E-state index contributed by atoms with van der Waals surface area (Å²) in [6.07, 6.45) is 3.85. The summed E-state index contributed by atoms with van der Waals surface area (Å²) < 4.78 is 0. The fraction of sp³-hybridized carbons (Fsp3) is 0.0588. The van der Waals surface area contributed by atoms with E-state index in [1.165, 1.54) is 0 Å². The SMILES string of the molecule is CSc1cnc2ccc(C(=O)Nc3ccccc3)cc2c1. The van der Waals surface area contributed by atoms with Gasteiger partial charge in [0.25, 0.3) is 5.91 Å². The van der Waals surface area contributed by atoms with Gasteiger partial charge in [-0.15, -0.1) is 11.8 Å². The summed E-state index contributed by atoms with van der Waals surface area (Å²) >= 11 is 1.64. The minimum absolute atomic E-state index is 0.113. The molecule has 0 saturated carbocycles. The number of aromatic nitrogens is 1. The monoisotopic (exact) mass is 294 g/mol. The molecule has 1 heterocycles. The number of anilines is 1. The number of benzene rings is 2. The Kier molecular flexibility index (Phi) is 3.88. The maximum atomic E-state index is 12.3. The molecule has 0 atom stereocenters. The Hall–Kier alpha value is -2.33. The van der Waals surface area contributed by atoms with Gasteiger partial charge in [0.2, 0.25) is 0 Å². The molecule has 4 heteroatoms. The van der Waals surface area contributed by atoms with Gasteiger partial charge in [-0.25, -0.2) is 0 Å². The molecule has 3 nitrogen and oxygen atoms in total. The Morgan fingerprint density at radius 1 is 1.10 bits per heavy atom. The summed E-state index contributed by atoms with van der Waals surface area (Å²) in [5.41, 5.74) is 2.31. The zero-order valence-corrected chi connectivity index (χ0v) is 12.4. The number of fused-ring (bicyclic) bond motifs is 1. The predicted molar refractivity (Wildman–Crippen MR) is 87.9 cm³/mol. The Morgan fingerprint density at radius 3 is 2.67 bits per heavy atom. The van der Waals surface area contributed by atoms with E-state index in [0.29, 0.717) is 5.56 Å². The van der Waals surface area contributed by atoms with Gasteiger partial charge in [-0.05, 0) is 42.7 Å². The number of para-hydroxylation sites is 1. The molecule has 0 aliphatic heterocycles. The first-order chi connectivity index (χ1) is 10.3. The summed E-state index contributed by atoms with van der Waals surface area (Å²) in [4.78, 5) is 17.7. The summed E-state index contributed by atoms with van der Waals surface area (Å²) in [5.74, 6) is -0.113. The van der Waals surface area contributed by atoms with Crippen molar-refractivity contribution in [3.05, 3.63) is 66.4 Å². The Balaban J connectivity index is 1.91. The van der Waals surface area contributed by atoms with Crippen molar-refractivity contribution in [2.24, 2.45) is 0 Å². The number of thioether (sulfide) groups is 1. The number of nitrogens with zero attached hydrogens (tertiary/aromatic N) is 1. The molecule has 0 spiro atoms. The minimum atomic E-state index is -0.113. The molecule has 0 radical (unpaired) electrons. The van der Waals surface area contributed by atoms with Gasteiger partial charge in [0.05, 0.1) is 5.52 Å². The van der Waals surface area contributed by atoms with Crippen LogP contribution in [0.5, 0.6) is 0 Å². The van der Waals surface area contributed by atoms with Crippen LogP contribution in [0.2, 0.25) is 0 Å². The van der Waals surface area contributed by atoms with Crippen LogP contribution >= 0.6 is 11.8 Å². The smallest absolute Gasteiger partial charge is 0.255 e. The molecule has 0 fully saturated rings. The molecular weight excluding hydrogens is 280 g/mol. The first-order valence-electron chi connectivity index (χ1n) is 6.56. The third kappa shape index (κ3) is 3.06. The van der Waals surface area contributed by atoms with Crippen LogP contribution in [0.4, 0.5) is 5.69 Å². The predicted octanol–water partition coefficient (Wildman–Crippen LogP) is 4.21. The van der Waals surface area contributed by atoms with Gasteiger partial charge in [0, 0.05) is 27.7 Å². The lowest BCUT2D eigenvalue weighted by Crippen LogP contribution is -2.11. The number of carbonyl (C=O) groups is 1. The van der Waals surface area contributed by atoms with Crippen LogP contribution in [0.25, 0.3) is 10.9 Å². The number of hydrogen-bond acceptors (Lipinski definition) is 3. The zero-order valence-electron chi connectivity index (χ0n) is 11.5. The fourth-order valence-electron chi connectivity index (χ4n) is 2.09. The van der Waals surface area contributed by atoms with Gasteiger partial charge < -0.3 is 5.32 Å². The molecule has 1 N–H and O–H groups in total. The quantitative estimate of drug-likeness (QED) is 0.736. The molecule has 0 aliphatic carbocycles. The van der Waals surface area contributed by atoms with Crippen molar-refractivity contribution >= 4 is 34.3 Å². The lowest BCUT2D eigenvalue weighted by molar-refractivity contribution is 0.102. The lowest BCUT2D eigenvalue weighted by Gasteiger charge is -2.06. The largest absolute Gasteiger partial charge is 0.322 e. The molecular formula is C17H14N2OS. The number of carbonyl (C=O) groups excluding carboxylic acids is 1. The minimum Gasteiger partial charge on any atom is -0.322 e. The summed E-state index contributed by atoms with van der Waals surface area (Å²) in [7, 11) is 0. The maximum absolute atomic E-state index is 12.3. The summed E-state index contributed by atoms with van der Waals surface area (Å²) in [5, 5.41) is 3.86. The highest BCUT2D eigenvalue weighted by Crippen LogP contribution is 2.21. The van der Waals surface area contributed by atoms with E-state index in [4.69, 9.17) is 0 Å². The van der Waals surface area contributed by atoms with Crippen LogP contribution in [-0.2, 0) is 0 Å². The molecule has 1 amide bonds. The highest BCUT2D eigenvalue weighted by molar-refractivity contribution is 7.98. The number of rotatable bonds is 3. The number of pyridine rings is 1. The van der Waals surface area contributed by atoms with Crippen LogP contribution in [0.3, 0.4) is 0 Å². The zero-order chi connectivity index (χ0) is 14.7. The average Bonchev–Trinajstić information content (AvgIpc) is 2.54. The fourth-order valence-corrected chi connectivity index (χ4v) is 2.49. The second-order valence-electron chi connectivity index (χ2n) is 4.60. The van der Waals surface area contributed by atoms with E-state index in [9.17, 15) is 4.79 Å². The van der Waals surface area contributed by atoms with Crippen molar-refractivity contribution in [1.82, 2.24) is 4.98 Å². The first kappa shape index (κ1) is 13.6. The molecule has 2 aromatic carbocycles. The molecule has 21 heavy (non-hydrogen) atoms. The van der Waals surface area contributed by atoms with Crippen LogP contribution in [0.1, 0.15) is 10.4 Å². The molecule has 3 rings (SSSR count). The van der Waals surface area contributed by atoms with Crippen molar-refractivity contribution < 1.29 is 4.79 Å². The average molecular weight is 294 g/mol. The van der Waals surface area contributed by atoms with Gasteiger partial charge in [-0.2, -0.15) is 0 Å². The molecule has 0 aliphatic rings. The van der Waals surface area contributed by atoms with Crippen molar-refractivity contribution in [3.8, 4) is 0 Å². The number of hydrogen-bond donors (Lipinski definition) is 1. The molecule has 104 valence electrons. The summed E-state index contributed by atoms with van der Waals surface area (Å²) in [6.45, 7) is 0. The molecule has 0 unspecified atom stereocenters. The standard InChI is InChI=1S/C17H14N2OS/c1-21-15-10-13-9-12(7-8-16(13)18-11-15)17(20)19-14-5-3-2-4-6-14/h2-11H,1H3,(H,19,20). The third-order valence-corrected chi connectivity index (χ3v) is 3.88. The molecule has 3 aromatic rings. The van der Waals surface area contributed by atoms with E-state index in [1.807, 2.05) is 61.0 Å². The molecule has 0 bridgehead atoms. The van der Waals surface area contributed by atoms with Crippen LogP contribution in [0.15, 0.2) is 65.7 Å². The van der Waals surface area contributed by atoms with E-state index in [1.54, 1.807) is 17.8 Å². The van der Waals surface area contributed by atoms with E-state index >= 15 is 0 Å². The summed E-state index contributed by atoms with van der Waals surface area (Å²) in [6, 6.07) is 17.0. The van der Waals surface area contributed by atoms with Crippen molar-refractivity contribution in [3.63, 3.8) is 0 Å². The second-order valence-corrected chi connectivity index (χ2v) is 5.48.